The lowest BCUT2D eigenvalue weighted by Crippen LogP contribution is -2.23. The van der Waals surface area contributed by atoms with Gasteiger partial charge in [-0.25, -0.2) is 10.5 Å². The van der Waals surface area contributed by atoms with E-state index in [2.05, 4.69) is 4.98 Å². The predicted octanol–water partition coefficient (Wildman–Crippen LogP) is 1.00. The molecule has 0 unspecified atom stereocenters. The number of likely N-dealkylation sites (N-methyl/N-ethyl adjacent to an activating group) is 1. The van der Waals surface area contributed by atoms with E-state index in [-0.39, 0.29) is 0 Å². The van der Waals surface area contributed by atoms with E-state index in [0.717, 1.165) is 5.82 Å². The minimum atomic E-state index is -0.572. The van der Waals surface area contributed by atoms with Gasteiger partial charge in [0.05, 0.1) is 12.2 Å². The van der Waals surface area contributed by atoms with Gasteiger partial charge in [-0.3, -0.25) is 10.0 Å². The van der Waals surface area contributed by atoms with Gasteiger partial charge in [0, 0.05) is 19.8 Å². The lowest BCUT2D eigenvalue weighted by molar-refractivity contribution is 0.0706. The summed E-state index contributed by atoms with van der Waals surface area (Å²) in [6, 6.07) is 3.30. The van der Waals surface area contributed by atoms with Crippen LogP contribution in [-0.2, 0) is 3.07 Å². The van der Waals surface area contributed by atoms with Gasteiger partial charge in [-0.15, -0.1) is 0 Å². The summed E-state index contributed by atoms with van der Waals surface area (Å²) in [4.78, 5) is 17.0. The van der Waals surface area contributed by atoms with Crippen LogP contribution in [0.4, 0.5) is 5.82 Å². The molecule has 0 saturated heterocycles. The van der Waals surface area contributed by atoms with E-state index >= 15 is 0 Å². The van der Waals surface area contributed by atoms with Crippen molar-refractivity contribution in [1.82, 2.24) is 10.5 Å². The molecule has 16 heavy (non-hydrogen) atoms. The van der Waals surface area contributed by atoms with Crippen LogP contribution in [0, 0.1) is 0 Å². The van der Waals surface area contributed by atoms with Crippen LogP contribution in [0.25, 0.3) is 0 Å². The third-order valence-electron chi connectivity index (χ3n) is 2.01. The van der Waals surface area contributed by atoms with Crippen LogP contribution < -0.4 is 10.4 Å². The molecule has 0 fully saturated rings. The van der Waals surface area contributed by atoms with Crippen molar-refractivity contribution in [3.05, 3.63) is 23.9 Å². The fraction of sp³-hybridized carbons (Fsp3) is 0.333. The Labute approximate surface area is 107 Å². The van der Waals surface area contributed by atoms with Crippen LogP contribution in [-0.4, -0.2) is 36.3 Å². The number of hydroxylamine groups is 1. The molecule has 0 spiro atoms. The highest BCUT2D eigenvalue weighted by Crippen LogP contribution is 2.09. The number of aromatic nitrogens is 1. The first-order chi connectivity index (χ1) is 7.69. The quantitative estimate of drug-likeness (QED) is 0.476. The molecule has 1 amide bonds. The van der Waals surface area contributed by atoms with Crippen molar-refractivity contribution >= 4 is 34.7 Å². The fourth-order valence-electron chi connectivity index (χ4n) is 1.10. The minimum Gasteiger partial charge on any atom is -0.357 e. The number of nitrogens with one attached hydrogen (secondary N) is 1. The molecule has 0 atom stereocenters. The average molecular weight is 337 g/mol. The highest BCUT2D eigenvalue weighted by atomic mass is 127. The van der Waals surface area contributed by atoms with Crippen LogP contribution in [0.15, 0.2) is 18.3 Å². The van der Waals surface area contributed by atoms with Crippen molar-refractivity contribution in [2.75, 3.05) is 25.1 Å². The molecule has 7 heteroatoms. The maximum Gasteiger partial charge on any atom is 0.276 e. The molecule has 88 valence electrons. The van der Waals surface area contributed by atoms with Gasteiger partial charge in [-0.1, -0.05) is 0 Å². The van der Waals surface area contributed by atoms with Crippen LogP contribution in [0.2, 0.25) is 0 Å². The van der Waals surface area contributed by atoms with Crippen molar-refractivity contribution in [3.8, 4) is 0 Å². The number of halogens is 1. The number of carbonyl (C=O) groups is 1. The summed E-state index contributed by atoms with van der Waals surface area (Å²) in [7, 11) is 1.88. The van der Waals surface area contributed by atoms with Gasteiger partial charge in [0.1, 0.15) is 28.8 Å². The van der Waals surface area contributed by atoms with Gasteiger partial charge in [-0.2, -0.15) is 0 Å². The van der Waals surface area contributed by atoms with Gasteiger partial charge in [0.15, 0.2) is 0 Å². The van der Waals surface area contributed by atoms with Gasteiger partial charge < -0.3 is 7.97 Å². The number of rotatable bonds is 5. The molecule has 1 aromatic rings. The second-order valence-corrected chi connectivity index (χ2v) is 3.70. The zero-order chi connectivity index (χ0) is 12.0. The number of nitrogens with zero attached hydrogens (tertiary/aromatic N) is 2. The Balaban J connectivity index is 2.67. The van der Waals surface area contributed by atoms with Crippen molar-refractivity contribution in [2.24, 2.45) is 0 Å². The largest absolute Gasteiger partial charge is 0.357 e. The van der Waals surface area contributed by atoms with E-state index in [1.807, 2.05) is 35.0 Å². The SMILES string of the molecule is CN(CCOI)c1ccc(C(=O)NO)cn1. The molecular formula is C9H12IN3O3. The molecule has 6 nitrogen and oxygen atoms in total. The summed E-state index contributed by atoms with van der Waals surface area (Å²) in [5.41, 5.74) is 1.86. The highest BCUT2D eigenvalue weighted by molar-refractivity contribution is 14.1. The van der Waals surface area contributed by atoms with Crippen molar-refractivity contribution < 1.29 is 13.1 Å². The third kappa shape index (κ3) is 3.58. The molecule has 0 aliphatic rings. The summed E-state index contributed by atoms with van der Waals surface area (Å²) in [5.74, 6) is 0.167. The summed E-state index contributed by atoms with van der Waals surface area (Å²) in [6.07, 6.45) is 1.41. The number of amides is 1. The molecule has 2 N–H and O–H groups in total. The monoisotopic (exact) mass is 337 g/mol. The van der Waals surface area contributed by atoms with E-state index in [0.29, 0.717) is 18.7 Å². The predicted molar refractivity (Wildman–Crippen MR) is 66.7 cm³/mol. The Hall–Kier alpha value is -0.930. The van der Waals surface area contributed by atoms with Crippen molar-refractivity contribution in [2.45, 2.75) is 0 Å². The Morgan fingerprint density at radius 2 is 2.44 bits per heavy atom. The van der Waals surface area contributed by atoms with Gasteiger partial charge in [-0.05, 0) is 12.1 Å². The molecule has 0 saturated carbocycles. The standard InChI is InChI=1S/C9H12IN3O3/c1-13(4-5-16-10)8-3-2-7(6-11-8)9(14)12-15/h2-3,6,15H,4-5H2,1H3,(H,12,14). The summed E-state index contributed by atoms with van der Waals surface area (Å²) in [5, 5.41) is 8.43. The average Bonchev–Trinajstić information content (AvgIpc) is 2.35. The minimum absolute atomic E-state index is 0.310. The Morgan fingerprint density at radius 3 is 2.94 bits per heavy atom. The number of hydrogen-bond donors (Lipinski definition) is 2. The lowest BCUT2D eigenvalue weighted by atomic mass is 10.2. The summed E-state index contributed by atoms with van der Waals surface area (Å²) in [6.45, 7) is 1.30. The fourth-order valence-corrected chi connectivity index (χ4v) is 1.29. The van der Waals surface area contributed by atoms with E-state index < -0.39 is 5.91 Å². The maximum absolute atomic E-state index is 11.0. The zero-order valence-corrected chi connectivity index (χ0v) is 10.8. The maximum atomic E-state index is 11.0. The molecule has 0 radical (unpaired) electrons. The van der Waals surface area contributed by atoms with Gasteiger partial charge in [0.2, 0.25) is 0 Å². The molecule has 0 aromatic carbocycles. The van der Waals surface area contributed by atoms with Crippen LogP contribution >= 0.6 is 23.0 Å². The van der Waals surface area contributed by atoms with E-state index in [1.54, 1.807) is 17.6 Å². The van der Waals surface area contributed by atoms with E-state index in [9.17, 15) is 4.79 Å². The van der Waals surface area contributed by atoms with Crippen molar-refractivity contribution in [1.29, 1.82) is 0 Å². The molecular weight excluding hydrogens is 325 g/mol. The topological polar surface area (TPSA) is 74.7 Å². The van der Waals surface area contributed by atoms with Crippen LogP contribution in [0.1, 0.15) is 10.4 Å². The Morgan fingerprint density at radius 1 is 1.69 bits per heavy atom. The van der Waals surface area contributed by atoms with Gasteiger partial charge >= 0.3 is 0 Å². The van der Waals surface area contributed by atoms with Crippen LogP contribution in [0.5, 0.6) is 0 Å². The lowest BCUT2D eigenvalue weighted by Gasteiger charge is -2.16. The zero-order valence-electron chi connectivity index (χ0n) is 8.68. The third-order valence-corrected chi connectivity index (χ3v) is 2.45. The first-order valence-corrected chi connectivity index (χ1v) is 5.42. The number of carbonyl (C=O) groups excluding carboxylic acids is 1. The van der Waals surface area contributed by atoms with Crippen molar-refractivity contribution in [3.63, 3.8) is 0 Å². The number of pyridine rings is 1. The van der Waals surface area contributed by atoms with Gasteiger partial charge in [0.25, 0.3) is 5.91 Å². The Bertz CT molecular complexity index is 344. The summed E-state index contributed by atoms with van der Waals surface area (Å²) >= 11 is 1.83. The first-order valence-electron chi connectivity index (χ1n) is 4.54. The molecule has 0 bridgehead atoms. The smallest absolute Gasteiger partial charge is 0.276 e. The molecule has 1 aromatic heterocycles. The highest BCUT2D eigenvalue weighted by Gasteiger charge is 2.06. The number of anilines is 1. The molecule has 0 aliphatic carbocycles. The molecule has 0 aliphatic heterocycles. The Kier molecular flexibility index (Phi) is 5.43. The summed E-state index contributed by atoms with van der Waals surface area (Å²) < 4.78 is 4.92. The van der Waals surface area contributed by atoms with Crippen LogP contribution in [0.3, 0.4) is 0 Å². The molecule has 1 rings (SSSR count). The first kappa shape index (κ1) is 13.1. The van der Waals surface area contributed by atoms with E-state index in [1.165, 1.54) is 6.20 Å². The van der Waals surface area contributed by atoms with E-state index in [4.69, 9.17) is 8.27 Å². The number of hydrogen-bond acceptors (Lipinski definition) is 5. The second-order valence-electron chi connectivity index (χ2n) is 3.08. The second kappa shape index (κ2) is 6.61. The molecule has 1 heterocycles. The normalized spacial score (nSPS) is 9.94.